The zero-order chi connectivity index (χ0) is 15.6. The maximum absolute atomic E-state index is 6.08. The van der Waals surface area contributed by atoms with Crippen molar-refractivity contribution in [3.8, 4) is 5.75 Å². The zero-order valence-electron chi connectivity index (χ0n) is 14.2. The van der Waals surface area contributed by atoms with E-state index in [0.29, 0.717) is 0 Å². The summed E-state index contributed by atoms with van der Waals surface area (Å²) >= 11 is 0. The molecular formula is C18H30IN3O. The second-order valence-corrected chi connectivity index (χ2v) is 6.01. The number of unbranched alkanes of at least 4 members (excludes halogenated alkanes) is 1. The molecule has 0 saturated carbocycles. The van der Waals surface area contributed by atoms with Gasteiger partial charge in [0, 0.05) is 19.6 Å². The minimum absolute atomic E-state index is 0. The second-order valence-electron chi connectivity index (χ2n) is 6.01. The van der Waals surface area contributed by atoms with Gasteiger partial charge in [0.15, 0.2) is 5.96 Å². The first-order chi connectivity index (χ1) is 10.8. The van der Waals surface area contributed by atoms with Crippen molar-refractivity contribution in [3.05, 3.63) is 29.8 Å². The number of aliphatic imine (C=N–C) groups is 1. The monoisotopic (exact) mass is 431 g/mol. The van der Waals surface area contributed by atoms with E-state index in [0.717, 1.165) is 50.8 Å². The number of ether oxygens (including phenoxy) is 1. The molecule has 1 fully saturated rings. The van der Waals surface area contributed by atoms with E-state index < -0.39 is 0 Å². The fourth-order valence-corrected chi connectivity index (χ4v) is 2.63. The number of nitrogens with two attached hydrogens (primary N) is 1. The standard InChI is InChI=1S/C18H29N3O.HI/c1-16-8-10-17(11-9-16)22-15-7-4-12-20-18(19)21-13-5-2-3-6-14-21;/h8-11H,2-7,12-15H2,1H3,(H2,19,20);1H. The molecule has 130 valence electrons. The fraction of sp³-hybridized carbons (Fsp3) is 0.611. The lowest BCUT2D eigenvalue weighted by atomic mass is 10.2. The molecule has 0 spiro atoms. The van der Waals surface area contributed by atoms with Gasteiger partial charge in [0.25, 0.3) is 0 Å². The molecule has 23 heavy (non-hydrogen) atoms. The van der Waals surface area contributed by atoms with E-state index in [-0.39, 0.29) is 24.0 Å². The summed E-state index contributed by atoms with van der Waals surface area (Å²) in [5.41, 5.74) is 7.34. The minimum atomic E-state index is 0. The van der Waals surface area contributed by atoms with Crippen LogP contribution >= 0.6 is 24.0 Å². The van der Waals surface area contributed by atoms with Gasteiger partial charge in [-0.25, -0.2) is 0 Å². The van der Waals surface area contributed by atoms with Crippen LogP contribution in [0.2, 0.25) is 0 Å². The average molecular weight is 431 g/mol. The third-order valence-corrected chi connectivity index (χ3v) is 4.05. The Hall–Kier alpha value is -0.980. The van der Waals surface area contributed by atoms with Crippen LogP contribution in [0.4, 0.5) is 0 Å². The van der Waals surface area contributed by atoms with Crippen molar-refractivity contribution >= 4 is 29.9 Å². The van der Waals surface area contributed by atoms with E-state index in [9.17, 15) is 0 Å². The van der Waals surface area contributed by atoms with E-state index in [2.05, 4.69) is 28.9 Å². The van der Waals surface area contributed by atoms with Crippen LogP contribution in [0, 0.1) is 6.92 Å². The second kappa shape index (κ2) is 11.5. The molecule has 2 N–H and O–H groups in total. The quantitative estimate of drug-likeness (QED) is 0.321. The number of guanidine groups is 1. The van der Waals surface area contributed by atoms with Gasteiger partial charge in [-0.15, -0.1) is 24.0 Å². The Balaban J connectivity index is 0.00000264. The third-order valence-electron chi connectivity index (χ3n) is 4.05. The molecule has 0 aliphatic carbocycles. The van der Waals surface area contributed by atoms with E-state index in [1.165, 1.54) is 31.2 Å². The molecule has 4 nitrogen and oxygen atoms in total. The van der Waals surface area contributed by atoms with E-state index >= 15 is 0 Å². The van der Waals surface area contributed by atoms with Crippen LogP contribution in [-0.2, 0) is 0 Å². The number of hydrogen-bond acceptors (Lipinski definition) is 2. The summed E-state index contributed by atoms with van der Waals surface area (Å²) in [7, 11) is 0. The molecule has 1 saturated heterocycles. The summed E-state index contributed by atoms with van der Waals surface area (Å²) in [6, 6.07) is 8.18. The Labute approximate surface area is 157 Å². The molecule has 0 amide bonds. The molecule has 0 radical (unpaired) electrons. The highest BCUT2D eigenvalue weighted by atomic mass is 127. The van der Waals surface area contributed by atoms with Gasteiger partial charge >= 0.3 is 0 Å². The lowest BCUT2D eigenvalue weighted by molar-refractivity contribution is 0.307. The third kappa shape index (κ3) is 7.90. The number of hydrogen-bond donors (Lipinski definition) is 1. The van der Waals surface area contributed by atoms with Crippen LogP contribution in [0.3, 0.4) is 0 Å². The lowest BCUT2D eigenvalue weighted by Crippen LogP contribution is -2.38. The number of aryl methyl sites for hydroxylation is 1. The van der Waals surface area contributed by atoms with Crippen molar-refractivity contribution in [2.24, 2.45) is 10.7 Å². The fourth-order valence-electron chi connectivity index (χ4n) is 2.63. The molecule has 0 unspecified atom stereocenters. The van der Waals surface area contributed by atoms with Gasteiger partial charge in [0.2, 0.25) is 0 Å². The summed E-state index contributed by atoms with van der Waals surface area (Å²) in [5, 5.41) is 0. The molecule has 1 heterocycles. The van der Waals surface area contributed by atoms with Crippen molar-refractivity contribution in [1.29, 1.82) is 0 Å². The summed E-state index contributed by atoms with van der Waals surface area (Å²) in [6.07, 6.45) is 7.13. The Morgan fingerprint density at radius 2 is 1.74 bits per heavy atom. The van der Waals surface area contributed by atoms with Gasteiger partial charge in [-0.2, -0.15) is 0 Å². The van der Waals surface area contributed by atoms with Crippen molar-refractivity contribution in [1.82, 2.24) is 4.90 Å². The van der Waals surface area contributed by atoms with Gasteiger partial charge in [-0.3, -0.25) is 4.99 Å². The Kier molecular flexibility index (Phi) is 10.1. The smallest absolute Gasteiger partial charge is 0.191 e. The first kappa shape index (κ1) is 20.1. The van der Waals surface area contributed by atoms with Gasteiger partial charge in [0.1, 0.15) is 5.75 Å². The first-order valence-electron chi connectivity index (χ1n) is 8.50. The predicted octanol–water partition coefficient (Wildman–Crippen LogP) is 3.96. The number of halogens is 1. The average Bonchev–Trinajstić information content (AvgIpc) is 2.81. The Morgan fingerprint density at radius 1 is 1.09 bits per heavy atom. The predicted molar refractivity (Wildman–Crippen MR) is 108 cm³/mol. The highest BCUT2D eigenvalue weighted by Crippen LogP contribution is 2.12. The first-order valence-corrected chi connectivity index (χ1v) is 8.50. The molecule has 0 bridgehead atoms. The molecule has 1 aromatic carbocycles. The molecule has 0 atom stereocenters. The molecule has 1 aliphatic heterocycles. The number of nitrogens with zero attached hydrogens (tertiary/aromatic N) is 2. The summed E-state index contributed by atoms with van der Waals surface area (Å²) in [5.74, 6) is 1.67. The molecule has 2 rings (SSSR count). The summed E-state index contributed by atoms with van der Waals surface area (Å²) in [4.78, 5) is 6.74. The molecule has 1 aromatic rings. The van der Waals surface area contributed by atoms with Gasteiger partial charge in [-0.1, -0.05) is 30.5 Å². The lowest BCUT2D eigenvalue weighted by Gasteiger charge is -2.21. The van der Waals surface area contributed by atoms with E-state index in [1.54, 1.807) is 0 Å². The van der Waals surface area contributed by atoms with Crippen LogP contribution < -0.4 is 10.5 Å². The summed E-state index contributed by atoms with van der Waals surface area (Å²) < 4.78 is 5.71. The van der Waals surface area contributed by atoms with E-state index in [1.807, 2.05) is 12.1 Å². The highest BCUT2D eigenvalue weighted by molar-refractivity contribution is 14.0. The highest BCUT2D eigenvalue weighted by Gasteiger charge is 2.10. The minimum Gasteiger partial charge on any atom is -0.494 e. The van der Waals surface area contributed by atoms with Crippen molar-refractivity contribution in [2.45, 2.75) is 45.4 Å². The van der Waals surface area contributed by atoms with Crippen molar-refractivity contribution in [2.75, 3.05) is 26.2 Å². The SMILES string of the molecule is Cc1ccc(OCCCCN=C(N)N2CCCCCC2)cc1.I. The Morgan fingerprint density at radius 3 is 2.39 bits per heavy atom. The topological polar surface area (TPSA) is 50.9 Å². The number of rotatable bonds is 6. The molecular weight excluding hydrogens is 401 g/mol. The zero-order valence-corrected chi connectivity index (χ0v) is 16.5. The molecule has 5 heteroatoms. The maximum Gasteiger partial charge on any atom is 0.191 e. The van der Waals surface area contributed by atoms with Crippen LogP contribution in [0.15, 0.2) is 29.3 Å². The molecule has 1 aliphatic rings. The van der Waals surface area contributed by atoms with Crippen molar-refractivity contribution < 1.29 is 4.74 Å². The Bertz CT molecular complexity index is 454. The largest absolute Gasteiger partial charge is 0.494 e. The number of benzene rings is 1. The summed E-state index contributed by atoms with van der Waals surface area (Å²) in [6.45, 7) is 5.73. The normalized spacial score (nSPS) is 15.7. The van der Waals surface area contributed by atoms with Gasteiger partial charge in [0.05, 0.1) is 6.61 Å². The van der Waals surface area contributed by atoms with Crippen LogP contribution in [-0.4, -0.2) is 37.1 Å². The van der Waals surface area contributed by atoms with Crippen molar-refractivity contribution in [3.63, 3.8) is 0 Å². The van der Waals surface area contributed by atoms with E-state index in [4.69, 9.17) is 10.5 Å². The van der Waals surface area contributed by atoms with Crippen LogP contribution in [0.5, 0.6) is 5.75 Å². The van der Waals surface area contributed by atoms with Crippen LogP contribution in [0.25, 0.3) is 0 Å². The van der Waals surface area contributed by atoms with Crippen LogP contribution in [0.1, 0.15) is 44.1 Å². The van der Waals surface area contributed by atoms with Gasteiger partial charge in [-0.05, 0) is 44.7 Å². The number of likely N-dealkylation sites (tertiary alicyclic amines) is 1. The molecule has 0 aromatic heterocycles. The maximum atomic E-state index is 6.08. The van der Waals surface area contributed by atoms with Gasteiger partial charge < -0.3 is 15.4 Å².